The summed E-state index contributed by atoms with van der Waals surface area (Å²) in [6, 6.07) is 18.1. The van der Waals surface area contributed by atoms with Gasteiger partial charge in [0.15, 0.2) is 37.9 Å². The van der Waals surface area contributed by atoms with Crippen LogP contribution in [0.3, 0.4) is 0 Å². The van der Waals surface area contributed by atoms with E-state index in [-0.39, 0.29) is 34.0 Å². The van der Waals surface area contributed by atoms with Gasteiger partial charge in [0, 0.05) is 72.9 Å². The average Bonchev–Trinajstić information content (AvgIpc) is 2.86. The van der Waals surface area contributed by atoms with Crippen molar-refractivity contribution in [2.75, 3.05) is 36.0 Å². The fourth-order valence-corrected chi connectivity index (χ4v) is 5.08. The molecule has 0 N–H and O–H groups in total. The van der Waals surface area contributed by atoms with Gasteiger partial charge in [0.05, 0.1) is 0 Å². The van der Waals surface area contributed by atoms with Crippen molar-refractivity contribution in [1.82, 2.24) is 0 Å². The molecule has 1 aromatic carbocycles. The normalized spacial score (nSPS) is 15.9. The Hall–Kier alpha value is -1.92. The van der Waals surface area contributed by atoms with Crippen molar-refractivity contribution in [3.8, 4) is 0 Å². The third-order valence-corrected chi connectivity index (χ3v) is 6.91. The van der Waals surface area contributed by atoms with E-state index in [4.69, 9.17) is 0 Å². The average molecular weight is 588 g/mol. The van der Waals surface area contributed by atoms with Crippen LogP contribution in [0, 0.1) is 0 Å². The Morgan fingerprint density at radius 2 is 0.912 bits per heavy atom. The molecule has 0 aliphatic carbocycles. The lowest BCUT2D eigenvalue weighted by Crippen LogP contribution is -3.00. The molecule has 5 rings (SSSR count). The maximum Gasteiger partial charge on any atom is 0.173 e. The number of piperidine rings is 2. The van der Waals surface area contributed by atoms with Crippen LogP contribution < -0.4 is 52.9 Å². The molecule has 3 aromatic rings. The zero-order valence-corrected chi connectivity index (χ0v) is 23.1. The van der Waals surface area contributed by atoms with E-state index in [0.29, 0.717) is 0 Å². The van der Waals surface area contributed by atoms with Crippen LogP contribution in [0.5, 0.6) is 0 Å². The molecular weight excluding hydrogens is 552 g/mol. The fraction of sp³-hybridized carbons (Fsp3) is 0.429. The predicted octanol–water partition coefficient (Wildman–Crippen LogP) is -1.65. The van der Waals surface area contributed by atoms with Gasteiger partial charge in [0.1, 0.15) is 0 Å². The van der Waals surface area contributed by atoms with Gasteiger partial charge in [-0.1, -0.05) is 18.2 Å². The van der Waals surface area contributed by atoms with Crippen LogP contribution in [0.4, 0.5) is 11.4 Å². The summed E-state index contributed by atoms with van der Waals surface area (Å²) < 4.78 is 4.57. The van der Waals surface area contributed by atoms with Gasteiger partial charge in [0.2, 0.25) is 0 Å². The lowest BCUT2D eigenvalue weighted by molar-refractivity contribution is -0.689. The first-order valence-corrected chi connectivity index (χ1v) is 12.4. The van der Waals surface area contributed by atoms with Gasteiger partial charge < -0.3 is 43.8 Å². The van der Waals surface area contributed by atoms with Gasteiger partial charge in [0.25, 0.3) is 0 Å². The second-order valence-corrected chi connectivity index (χ2v) is 9.37. The predicted molar refractivity (Wildman–Crippen MR) is 130 cm³/mol. The first-order valence-electron chi connectivity index (χ1n) is 12.4. The van der Waals surface area contributed by atoms with Crippen molar-refractivity contribution in [3.05, 3.63) is 84.4 Å². The number of pyridine rings is 2. The second kappa shape index (κ2) is 13.2. The Balaban J connectivity index is 0.00000162. The van der Waals surface area contributed by atoms with Gasteiger partial charge >= 0.3 is 0 Å². The SMILES string of the molecule is [Br-].[Br-].c1cc(C[n+]2ccc(N3CCCCC3)cc2)cc(C[n+]2ccc(N3CCCCC3)cc2)c1. The molecule has 6 heteroatoms. The summed E-state index contributed by atoms with van der Waals surface area (Å²) in [5, 5.41) is 0. The van der Waals surface area contributed by atoms with Gasteiger partial charge in [-0.2, -0.15) is 0 Å². The van der Waals surface area contributed by atoms with Crippen LogP contribution in [-0.4, -0.2) is 26.2 Å². The van der Waals surface area contributed by atoms with E-state index in [1.54, 1.807) is 0 Å². The maximum atomic E-state index is 2.52. The van der Waals surface area contributed by atoms with E-state index in [0.717, 1.165) is 13.1 Å². The number of hydrogen-bond acceptors (Lipinski definition) is 2. The Bertz CT molecular complexity index is 917. The van der Waals surface area contributed by atoms with E-state index in [1.807, 2.05) is 0 Å². The lowest BCUT2D eigenvalue weighted by atomic mass is 10.1. The molecule has 2 saturated heterocycles. The molecule has 0 spiro atoms. The highest BCUT2D eigenvalue weighted by molar-refractivity contribution is 5.44. The smallest absolute Gasteiger partial charge is 0.173 e. The highest BCUT2D eigenvalue weighted by atomic mass is 79.9. The number of halogens is 2. The number of rotatable bonds is 6. The van der Waals surface area contributed by atoms with Crippen molar-refractivity contribution in [2.24, 2.45) is 0 Å². The summed E-state index contributed by atoms with van der Waals surface area (Å²) in [5.74, 6) is 0. The molecule has 4 nitrogen and oxygen atoms in total. The molecule has 0 bridgehead atoms. The van der Waals surface area contributed by atoms with Crippen LogP contribution in [0.25, 0.3) is 0 Å². The number of benzene rings is 1. The highest BCUT2D eigenvalue weighted by Gasteiger charge is 2.14. The van der Waals surface area contributed by atoms with E-state index >= 15 is 0 Å². The molecule has 2 aliphatic rings. The standard InChI is InChI=1S/C28H36N4.2BrH/c1-3-14-31(15-4-1)27-10-18-29(19-11-27)23-25-8-7-9-26(22-25)24-30-20-12-28(13-21-30)32-16-5-2-6-17-32;;/h7-13,18-22H,1-6,14-17,23-24H2;2*1H/q+2;;/p-2. The molecule has 2 aliphatic heterocycles. The molecule has 2 aromatic heterocycles. The first-order chi connectivity index (χ1) is 15.8. The molecule has 0 amide bonds. The first kappa shape index (κ1) is 26.7. The van der Waals surface area contributed by atoms with Crippen LogP contribution in [0.2, 0.25) is 0 Å². The molecule has 0 saturated carbocycles. The summed E-state index contributed by atoms with van der Waals surface area (Å²) >= 11 is 0. The minimum Gasteiger partial charge on any atom is -1.00 e. The Morgan fingerprint density at radius 3 is 1.29 bits per heavy atom. The number of aromatic nitrogens is 2. The quantitative estimate of drug-likeness (QED) is 0.321. The molecule has 34 heavy (non-hydrogen) atoms. The lowest BCUT2D eigenvalue weighted by Gasteiger charge is -2.28. The van der Waals surface area contributed by atoms with E-state index in [2.05, 4.69) is 92.3 Å². The summed E-state index contributed by atoms with van der Waals surface area (Å²) in [5.41, 5.74) is 5.42. The van der Waals surface area contributed by atoms with Crippen LogP contribution in [0.1, 0.15) is 49.7 Å². The minimum absolute atomic E-state index is 0. The molecule has 0 unspecified atom stereocenters. The van der Waals surface area contributed by atoms with Gasteiger partial charge in [-0.3, -0.25) is 0 Å². The largest absolute Gasteiger partial charge is 1.00 e. The molecular formula is C28H36Br2N4. The Labute approximate surface area is 225 Å². The van der Waals surface area contributed by atoms with Crippen molar-refractivity contribution in [2.45, 2.75) is 51.6 Å². The van der Waals surface area contributed by atoms with Crippen molar-refractivity contribution >= 4 is 11.4 Å². The molecule has 182 valence electrons. The second-order valence-electron chi connectivity index (χ2n) is 9.37. The van der Waals surface area contributed by atoms with Crippen LogP contribution >= 0.6 is 0 Å². The summed E-state index contributed by atoms with van der Waals surface area (Å²) in [4.78, 5) is 5.03. The summed E-state index contributed by atoms with van der Waals surface area (Å²) in [6.07, 6.45) is 16.9. The third kappa shape index (κ3) is 7.05. The molecule has 2 fully saturated rings. The van der Waals surface area contributed by atoms with Gasteiger partial charge in [-0.25, -0.2) is 9.13 Å². The fourth-order valence-electron chi connectivity index (χ4n) is 5.08. The van der Waals surface area contributed by atoms with Crippen LogP contribution in [0.15, 0.2) is 73.3 Å². The topological polar surface area (TPSA) is 14.2 Å². The Kier molecular flexibility index (Phi) is 10.4. The Morgan fingerprint density at radius 1 is 0.529 bits per heavy atom. The van der Waals surface area contributed by atoms with Crippen LogP contribution in [-0.2, 0) is 13.1 Å². The van der Waals surface area contributed by atoms with Crippen molar-refractivity contribution < 1.29 is 43.1 Å². The molecule has 0 radical (unpaired) electrons. The maximum absolute atomic E-state index is 2.52. The minimum atomic E-state index is 0. The van der Waals surface area contributed by atoms with Crippen molar-refractivity contribution in [1.29, 1.82) is 0 Å². The van der Waals surface area contributed by atoms with Gasteiger partial charge in [-0.05, 0) is 44.6 Å². The monoisotopic (exact) mass is 586 g/mol. The van der Waals surface area contributed by atoms with E-state index < -0.39 is 0 Å². The molecule has 4 heterocycles. The van der Waals surface area contributed by atoms with Crippen molar-refractivity contribution in [3.63, 3.8) is 0 Å². The highest BCUT2D eigenvalue weighted by Crippen LogP contribution is 2.19. The van der Waals surface area contributed by atoms with E-state index in [1.165, 1.54) is 87.2 Å². The van der Waals surface area contributed by atoms with E-state index in [9.17, 15) is 0 Å². The summed E-state index contributed by atoms with van der Waals surface area (Å²) in [7, 11) is 0. The molecule has 0 atom stereocenters. The zero-order valence-electron chi connectivity index (χ0n) is 20.0. The third-order valence-electron chi connectivity index (χ3n) is 6.91. The number of anilines is 2. The zero-order chi connectivity index (χ0) is 21.6. The van der Waals surface area contributed by atoms with Gasteiger partial charge in [-0.15, -0.1) is 0 Å². The number of hydrogen-bond donors (Lipinski definition) is 0. The number of nitrogens with zero attached hydrogens (tertiary/aromatic N) is 4. The summed E-state index contributed by atoms with van der Waals surface area (Å²) in [6.45, 7) is 6.61.